The number of esters is 1. The molecule has 31 heavy (non-hydrogen) atoms. The Labute approximate surface area is 178 Å². The van der Waals surface area contributed by atoms with Gasteiger partial charge in [0.2, 0.25) is 6.29 Å². The zero-order valence-corrected chi connectivity index (χ0v) is 16.6. The first-order chi connectivity index (χ1) is 14.7. The summed E-state index contributed by atoms with van der Waals surface area (Å²) in [5.41, 5.74) is 1.75. The maximum atomic E-state index is 12.6. The number of carbonyl (C=O) groups excluding carboxylic acids is 1. The number of carbonyl (C=O) groups is 2. The summed E-state index contributed by atoms with van der Waals surface area (Å²) in [4.78, 5) is 23.8. The molecule has 3 rings (SSSR count). The van der Waals surface area contributed by atoms with Crippen molar-refractivity contribution in [2.75, 3.05) is 0 Å². The lowest BCUT2D eigenvalue weighted by Crippen LogP contribution is -2.60. The number of carboxylic acid groups (broad SMARTS) is 1. The molecule has 9 heteroatoms. The van der Waals surface area contributed by atoms with E-state index in [4.69, 9.17) is 14.6 Å². The van der Waals surface area contributed by atoms with Gasteiger partial charge < -0.3 is 35.0 Å². The van der Waals surface area contributed by atoms with E-state index in [2.05, 4.69) is 0 Å². The zero-order valence-electron chi connectivity index (χ0n) is 16.6. The van der Waals surface area contributed by atoms with Gasteiger partial charge in [0.25, 0.3) is 0 Å². The number of aliphatic carboxylic acids is 1. The molecule has 0 amide bonds. The van der Waals surface area contributed by atoms with Crippen LogP contribution in [0.3, 0.4) is 0 Å². The highest BCUT2D eigenvalue weighted by atomic mass is 16.7. The Morgan fingerprint density at radius 1 is 0.903 bits per heavy atom. The lowest BCUT2D eigenvalue weighted by Gasteiger charge is -2.38. The van der Waals surface area contributed by atoms with Crippen LogP contribution >= 0.6 is 0 Å². The highest BCUT2D eigenvalue weighted by Gasteiger charge is 2.48. The first-order valence-corrected chi connectivity index (χ1v) is 9.66. The summed E-state index contributed by atoms with van der Waals surface area (Å²) >= 11 is 0. The Hall–Kier alpha value is -2.82. The normalized spacial score (nSPS) is 27.8. The van der Waals surface area contributed by atoms with Crippen LogP contribution in [-0.4, -0.2) is 68.2 Å². The quantitative estimate of drug-likeness (QED) is 0.406. The molecule has 166 valence electrons. The molecule has 1 aliphatic heterocycles. The molecule has 1 fully saturated rings. The van der Waals surface area contributed by atoms with E-state index >= 15 is 0 Å². The van der Waals surface area contributed by atoms with E-state index < -0.39 is 54.7 Å². The molecule has 2 aromatic carbocycles. The van der Waals surface area contributed by atoms with E-state index in [9.17, 15) is 30.0 Å². The number of benzene rings is 2. The van der Waals surface area contributed by atoms with Gasteiger partial charge in [-0.25, -0.2) is 4.79 Å². The fourth-order valence-electron chi connectivity index (χ4n) is 3.33. The lowest BCUT2D eigenvalue weighted by molar-refractivity contribution is -0.286. The minimum absolute atomic E-state index is 0.512. The van der Waals surface area contributed by atoms with Crippen LogP contribution in [0.15, 0.2) is 54.6 Å². The average Bonchev–Trinajstić information content (AvgIpc) is 2.78. The van der Waals surface area contributed by atoms with Crippen molar-refractivity contribution in [3.63, 3.8) is 0 Å². The summed E-state index contributed by atoms with van der Waals surface area (Å²) in [5, 5.41) is 49.3. The number of hydrogen-bond donors (Lipinski definition) is 5. The van der Waals surface area contributed by atoms with Crippen molar-refractivity contribution in [2.45, 2.75) is 49.7 Å². The first-order valence-electron chi connectivity index (χ1n) is 9.66. The van der Waals surface area contributed by atoms with Crippen molar-refractivity contribution in [1.82, 2.24) is 0 Å². The van der Waals surface area contributed by atoms with Crippen molar-refractivity contribution in [3.05, 3.63) is 71.3 Å². The highest BCUT2D eigenvalue weighted by molar-refractivity contribution is 5.78. The summed E-state index contributed by atoms with van der Waals surface area (Å²) in [5.74, 6) is -3.27. The minimum Gasteiger partial charge on any atom is -0.479 e. The number of carboxylic acids is 1. The molecule has 1 aliphatic rings. The molecule has 0 radical (unpaired) electrons. The van der Waals surface area contributed by atoms with Crippen LogP contribution in [0.4, 0.5) is 0 Å². The molecule has 0 unspecified atom stereocenters. The predicted molar refractivity (Wildman–Crippen MR) is 106 cm³/mol. The summed E-state index contributed by atoms with van der Waals surface area (Å²) in [7, 11) is 0. The number of aliphatic hydroxyl groups is 4. The fourth-order valence-corrected chi connectivity index (χ4v) is 3.33. The molecule has 9 nitrogen and oxygen atoms in total. The van der Waals surface area contributed by atoms with Gasteiger partial charge in [-0.15, -0.1) is 0 Å². The minimum atomic E-state index is -1.88. The average molecular weight is 432 g/mol. The van der Waals surface area contributed by atoms with Gasteiger partial charge >= 0.3 is 11.9 Å². The second kappa shape index (κ2) is 9.54. The smallest absolute Gasteiger partial charge is 0.335 e. The van der Waals surface area contributed by atoms with E-state index in [0.29, 0.717) is 16.7 Å². The van der Waals surface area contributed by atoms with E-state index in [-0.39, 0.29) is 0 Å². The van der Waals surface area contributed by atoms with Crippen molar-refractivity contribution >= 4 is 11.9 Å². The molecule has 0 saturated carbocycles. The first kappa shape index (κ1) is 22.9. The van der Waals surface area contributed by atoms with E-state index in [0.717, 1.165) is 0 Å². The molecule has 0 aromatic heterocycles. The third kappa shape index (κ3) is 4.92. The second-order valence-electron chi connectivity index (χ2n) is 7.38. The third-order valence-electron chi connectivity index (χ3n) is 5.24. The van der Waals surface area contributed by atoms with Gasteiger partial charge in [0.15, 0.2) is 6.10 Å². The number of rotatable bonds is 6. The van der Waals surface area contributed by atoms with Crippen molar-refractivity contribution in [1.29, 1.82) is 0 Å². The fraction of sp³-hybridized carbons (Fsp3) is 0.364. The van der Waals surface area contributed by atoms with Gasteiger partial charge in [0, 0.05) is 0 Å². The number of aliphatic hydroxyl groups excluding tert-OH is 4. The van der Waals surface area contributed by atoms with Crippen LogP contribution in [0.5, 0.6) is 0 Å². The Morgan fingerprint density at radius 2 is 1.52 bits per heavy atom. The van der Waals surface area contributed by atoms with Gasteiger partial charge in [-0.3, -0.25) is 4.79 Å². The van der Waals surface area contributed by atoms with Gasteiger partial charge in [-0.1, -0.05) is 54.6 Å². The Morgan fingerprint density at radius 3 is 2.16 bits per heavy atom. The van der Waals surface area contributed by atoms with Gasteiger partial charge in [-0.2, -0.15) is 0 Å². The molecule has 0 bridgehead atoms. The maximum absolute atomic E-state index is 12.6. The number of hydrogen-bond acceptors (Lipinski definition) is 8. The molecule has 2 aromatic rings. The van der Waals surface area contributed by atoms with Crippen LogP contribution in [0.2, 0.25) is 0 Å². The molecule has 0 spiro atoms. The van der Waals surface area contributed by atoms with Crippen LogP contribution in [-0.2, 0) is 19.1 Å². The van der Waals surface area contributed by atoms with E-state index in [1.165, 1.54) is 6.92 Å². The second-order valence-corrected chi connectivity index (χ2v) is 7.38. The number of ether oxygens (including phenoxy) is 2. The van der Waals surface area contributed by atoms with Crippen LogP contribution in [0.1, 0.15) is 35.6 Å². The molecule has 1 heterocycles. The topological polar surface area (TPSA) is 154 Å². The molecule has 7 atom stereocenters. The molecule has 1 saturated heterocycles. The predicted octanol–water partition coefficient (Wildman–Crippen LogP) is 0.307. The van der Waals surface area contributed by atoms with Gasteiger partial charge in [-0.05, 0) is 23.6 Å². The Balaban J connectivity index is 1.73. The van der Waals surface area contributed by atoms with Crippen molar-refractivity contribution in [3.8, 4) is 0 Å². The van der Waals surface area contributed by atoms with Gasteiger partial charge in [0.05, 0.1) is 5.92 Å². The monoisotopic (exact) mass is 432 g/mol. The standard InChI is InChI=1S/C22H24O9/c1-11(13-8-5-9-14(10-13)15(23)12-6-3-2-4-7-12)21(29)31-22-18(26)16(24)17(25)19(30-22)20(27)28/h2-11,15-19,22-26H,1H3,(H,27,28)/t11-,15+,16-,17+,18+,19-,22+/m1/s1. The largest absolute Gasteiger partial charge is 0.479 e. The third-order valence-corrected chi connectivity index (χ3v) is 5.24. The highest BCUT2D eigenvalue weighted by Crippen LogP contribution is 2.28. The van der Waals surface area contributed by atoms with E-state index in [1.807, 2.05) is 6.07 Å². The van der Waals surface area contributed by atoms with Crippen LogP contribution < -0.4 is 0 Å². The summed E-state index contributed by atoms with van der Waals surface area (Å²) in [6, 6.07) is 15.7. The lowest BCUT2D eigenvalue weighted by atomic mass is 9.95. The molecular weight excluding hydrogens is 408 g/mol. The van der Waals surface area contributed by atoms with E-state index in [1.54, 1.807) is 48.5 Å². The Bertz CT molecular complexity index is 916. The summed E-state index contributed by atoms with van der Waals surface area (Å²) < 4.78 is 10.1. The van der Waals surface area contributed by atoms with Crippen LogP contribution in [0, 0.1) is 0 Å². The SMILES string of the molecule is C[C@@H](C(=O)O[C@@H]1O[C@@H](C(=O)O)[C@@H](O)[C@@H](O)[C@@H]1O)c1cccc([C@@H](O)c2ccccc2)c1. The van der Waals surface area contributed by atoms with Crippen LogP contribution in [0.25, 0.3) is 0 Å². The molecule has 5 N–H and O–H groups in total. The maximum Gasteiger partial charge on any atom is 0.335 e. The summed E-state index contributed by atoms with van der Waals surface area (Å²) in [6.45, 7) is 1.53. The summed E-state index contributed by atoms with van der Waals surface area (Å²) in [6.07, 6.45) is -10.1. The Kier molecular flexibility index (Phi) is 7.04. The van der Waals surface area contributed by atoms with Crippen molar-refractivity contribution in [2.24, 2.45) is 0 Å². The zero-order chi connectivity index (χ0) is 22.7. The molecular formula is C22H24O9. The van der Waals surface area contributed by atoms with Crippen molar-refractivity contribution < 1.29 is 44.6 Å². The molecule has 0 aliphatic carbocycles. The van der Waals surface area contributed by atoms with Gasteiger partial charge in [0.1, 0.15) is 24.4 Å².